The summed E-state index contributed by atoms with van der Waals surface area (Å²) in [5.74, 6) is 0. The van der Waals surface area contributed by atoms with E-state index in [4.69, 9.17) is 5.73 Å². The van der Waals surface area contributed by atoms with E-state index in [2.05, 4.69) is 34.6 Å². The number of aromatic nitrogens is 3. The van der Waals surface area contributed by atoms with E-state index in [1.807, 2.05) is 41.1 Å². The van der Waals surface area contributed by atoms with Crippen molar-refractivity contribution < 1.29 is 0 Å². The van der Waals surface area contributed by atoms with Crippen molar-refractivity contribution in [3.05, 3.63) is 71.9 Å². The Kier molecular flexibility index (Phi) is 3.56. The second-order valence-corrected chi connectivity index (χ2v) is 4.60. The van der Waals surface area contributed by atoms with Crippen molar-refractivity contribution in [2.45, 2.75) is 13.1 Å². The van der Waals surface area contributed by atoms with E-state index in [9.17, 15) is 0 Å². The van der Waals surface area contributed by atoms with Crippen molar-refractivity contribution in [3.63, 3.8) is 0 Å². The molecule has 0 fully saturated rings. The summed E-state index contributed by atoms with van der Waals surface area (Å²) in [6.45, 7) is 1.08. The minimum absolute atomic E-state index is 0.388. The first-order valence-corrected chi connectivity index (χ1v) is 6.60. The monoisotopic (exact) mass is 264 g/mol. The normalized spacial score (nSPS) is 10.7. The van der Waals surface area contributed by atoms with Crippen LogP contribution >= 0.6 is 0 Å². The van der Waals surface area contributed by atoms with Gasteiger partial charge in [0.1, 0.15) is 5.69 Å². The van der Waals surface area contributed by atoms with Crippen LogP contribution < -0.4 is 5.73 Å². The molecule has 0 bridgehead atoms. The van der Waals surface area contributed by atoms with Crippen LogP contribution in [-0.4, -0.2) is 15.0 Å². The zero-order valence-electron chi connectivity index (χ0n) is 11.1. The molecule has 0 radical (unpaired) electrons. The molecule has 3 aromatic rings. The molecule has 0 aliphatic heterocycles. The Labute approximate surface area is 117 Å². The Morgan fingerprint density at radius 1 is 0.900 bits per heavy atom. The molecule has 1 aromatic heterocycles. The van der Waals surface area contributed by atoms with Crippen LogP contribution in [0.3, 0.4) is 0 Å². The second-order valence-electron chi connectivity index (χ2n) is 4.60. The first-order valence-electron chi connectivity index (χ1n) is 6.60. The highest BCUT2D eigenvalue weighted by molar-refractivity contribution is 5.61. The van der Waals surface area contributed by atoms with Gasteiger partial charge in [-0.2, -0.15) is 0 Å². The molecule has 4 heteroatoms. The summed E-state index contributed by atoms with van der Waals surface area (Å²) in [6, 6.07) is 20.3. The Bertz CT molecular complexity index is 674. The minimum atomic E-state index is 0.388. The third-order valence-electron chi connectivity index (χ3n) is 3.22. The Morgan fingerprint density at radius 2 is 1.55 bits per heavy atom. The Hall–Kier alpha value is -2.46. The summed E-state index contributed by atoms with van der Waals surface area (Å²) in [4.78, 5) is 0. The van der Waals surface area contributed by atoms with E-state index in [1.54, 1.807) is 0 Å². The van der Waals surface area contributed by atoms with Crippen molar-refractivity contribution in [3.8, 4) is 11.3 Å². The number of rotatable bonds is 4. The molecular formula is C16H16N4. The maximum atomic E-state index is 5.78. The van der Waals surface area contributed by atoms with Crippen LogP contribution in [0.4, 0.5) is 0 Å². The first kappa shape index (κ1) is 12.6. The molecule has 4 nitrogen and oxygen atoms in total. The number of nitrogens with zero attached hydrogens (tertiary/aromatic N) is 3. The van der Waals surface area contributed by atoms with Gasteiger partial charge in [0.2, 0.25) is 0 Å². The largest absolute Gasteiger partial charge is 0.325 e. The highest BCUT2D eigenvalue weighted by Crippen LogP contribution is 2.22. The van der Waals surface area contributed by atoms with E-state index < -0.39 is 0 Å². The molecule has 0 unspecified atom stereocenters. The summed E-state index contributed by atoms with van der Waals surface area (Å²) in [5.41, 5.74) is 9.89. The van der Waals surface area contributed by atoms with Crippen LogP contribution in [0.1, 0.15) is 11.3 Å². The highest BCUT2D eigenvalue weighted by atomic mass is 15.4. The van der Waals surface area contributed by atoms with Gasteiger partial charge in [0, 0.05) is 12.1 Å². The van der Waals surface area contributed by atoms with Gasteiger partial charge in [-0.3, -0.25) is 0 Å². The van der Waals surface area contributed by atoms with Gasteiger partial charge in [0.25, 0.3) is 0 Å². The topological polar surface area (TPSA) is 56.7 Å². The van der Waals surface area contributed by atoms with E-state index in [0.717, 1.165) is 17.0 Å². The molecule has 0 spiro atoms. The molecule has 20 heavy (non-hydrogen) atoms. The maximum Gasteiger partial charge on any atom is 0.104 e. The quantitative estimate of drug-likeness (QED) is 0.787. The molecule has 1 heterocycles. The summed E-state index contributed by atoms with van der Waals surface area (Å²) in [6.07, 6.45) is 0. The van der Waals surface area contributed by atoms with Gasteiger partial charge in [-0.1, -0.05) is 65.9 Å². The highest BCUT2D eigenvalue weighted by Gasteiger charge is 2.13. The van der Waals surface area contributed by atoms with Crippen molar-refractivity contribution in [1.82, 2.24) is 15.0 Å². The van der Waals surface area contributed by atoms with Crippen LogP contribution in [0.15, 0.2) is 60.7 Å². The molecule has 0 aliphatic rings. The van der Waals surface area contributed by atoms with E-state index >= 15 is 0 Å². The summed E-state index contributed by atoms with van der Waals surface area (Å²) < 4.78 is 1.91. The van der Waals surface area contributed by atoms with Gasteiger partial charge in [-0.25, -0.2) is 4.68 Å². The fourth-order valence-corrected chi connectivity index (χ4v) is 2.27. The number of hydrogen-bond donors (Lipinski definition) is 1. The third-order valence-corrected chi connectivity index (χ3v) is 3.22. The lowest BCUT2D eigenvalue weighted by Gasteiger charge is -2.08. The summed E-state index contributed by atoms with van der Waals surface area (Å²) >= 11 is 0. The predicted molar refractivity (Wildman–Crippen MR) is 78.9 cm³/mol. The average Bonchev–Trinajstić information content (AvgIpc) is 2.92. The van der Waals surface area contributed by atoms with Crippen LogP contribution in [0.2, 0.25) is 0 Å². The zero-order valence-corrected chi connectivity index (χ0v) is 11.1. The number of benzene rings is 2. The fraction of sp³-hybridized carbons (Fsp3) is 0.125. The van der Waals surface area contributed by atoms with Crippen molar-refractivity contribution in [2.75, 3.05) is 0 Å². The lowest BCUT2D eigenvalue weighted by molar-refractivity contribution is 0.655. The van der Waals surface area contributed by atoms with E-state index in [0.29, 0.717) is 13.1 Å². The van der Waals surface area contributed by atoms with Gasteiger partial charge in [0.05, 0.1) is 12.2 Å². The van der Waals surface area contributed by atoms with Crippen LogP contribution in [0, 0.1) is 0 Å². The lowest BCUT2D eigenvalue weighted by Crippen LogP contribution is -2.05. The summed E-state index contributed by atoms with van der Waals surface area (Å²) in [5, 5.41) is 8.44. The van der Waals surface area contributed by atoms with Crippen molar-refractivity contribution in [1.29, 1.82) is 0 Å². The Morgan fingerprint density at radius 3 is 2.20 bits per heavy atom. The van der Waals surface area contributed by atoms with Crippen molar-refractivity contribution in [2.24, 2.45) is 5.73 Å². The molecular weight excluding hydrogens is 248 g/mol. The molecule has 0 amide bonds. The summed E-state index contributed by atoms with van der Waals surface area (Å²) in [7, 11) is 0. The zero-order chi connectivity index (χ0) is 13.8. The first-order chi connectivity index (χ1) is 9.88. The van der Waals surface area contributed by atoms with E-state index in [1.165, 1.54) is 5.56 Å². The lowest BCUT2D eigenvalue weighted by atomic mass is 10.1. The van der Waals surface area contributed by atoms with Gasteiger partial charge < -0.3 is 5.73 Å². The van der Waals surface area contributed by atoms with Crippen LogP contribution in [0.25, 0.3) is 11.3 Å². The van der Waals surface area contributed by atoms with Crippen LogP contribution in [-0.2, 0) is 13.1 Å². The SMILES string of the molecule is NCc1nnn(Cc2ccccc2)c1-c1ccccc1. The number of hydrogen-bond acceptors (Lipinski definition) is 3. The average molecular weight is 264 g/mol. The van der Waals surface area contributed by atoms with Crippen molar-refractivity contribution >= 4 is 0 Å². The molecule has 0 aliphatic carbocycles. The molecule has 0 saturated carbocycles. The Balaban J connectivity index is 2.02. The molecule has 2 N–H and O–H groups in total. The van der Waals surface area contributed by atoms with Gasteiger partial charge >= 0.3 is 0 Å². The maximum absolute atomic E-state index is 5.78. The van der Waals surface area contributed by atoms with E-state index in [-0.39, 0.29) is 0 Å². The van der Waals surface area contributed by atoms with Gasteiger partial charge in [-0.15, -0.1) is 5.10 Å². The molecule has 3 rings (SSSR count). The minimum Gasteiger partial charge on any atom is -0.325 e. The predicted octanol–water partition coefficient (Wildman–Crippen LogP) is 2.45. The molecule has 0 saturated heterocycles. The molecule has 2 aromatic carbocycles. The van der Waals surface area contributed by atoms with Gasteiger partial charge in [0.15, 0.2) is 0 Å². The second kappa shape index (κ2) is 5.67. The fourth-order valence-electron chi connectivity index (χ4n) is 2.27. The molecule has 100 valence electrons. The molecule has 0 atom stereocenters. The third kappa shape index (κ3) is 2.46. The van der Waals surface area contributed by atoms with Gasteiger partial charge in [-0.05, 0) is 5.56 Å². The number of nitrogens with two attached hydrogens (primary N) is 1. The smallest absolute Gasteiger partial charge is 0.104 e. The standard InChI is InChI=1S/C16H16N4/c17-11-15-16(14-9-5-2-6-10-14)20(19-18-15)12-13-7-3-1-4-8-13/h1-10H,11-12,17H2. The van der Waals surface area contributed by atoms with Crippen LogP contribution in [0.5, 0.6) is 0 Å².